The predicted octanol–water partition coefficient (Wildman–Crippen LogP) is 1.70. The summed E-state index contributed by atoms with van der Waals surface area (Å²) >= 11 is 0. The Hall–Kier alpha value is -1.53. The van der Waals surface area contributed by atoms with E-state index in [9.17, 15) is 13.6 Å². The van der Waals surface area contributed by atoms with Gasteiger partial charge in [-0.3, -0.25) is 9.69 Å². The molecule has 1 aromatic carbocycles. The van der Waals surface area contributed by atoms with E-state index in [1.807, 2.05) is 7.05 Å². The van der Waals surface area contributed by atoms with Crippen LogP contribution in [0.25, 0.3) is 0 Å². The number of carbonyl (C=O) groups is 1. The number of rotatable bonds is 6. The Balaban J connectivity index is 1.83. The average molecular weight is 325 g/mol. The van der Waals surface area contributed by atoms with E-state index in [1.54, 1.807) is 6.92 Å². The summed E-state index contributed by atoms with van der Waals surface area (Å²) in [5, 5.41) is 6.06. The Bertz CT molecular complexity index is 518. The molecule has 128 valence electrons. The predicted molar refractivity (Wildman–Crippen MR) is 86.2 cm³/mol. The normalized spacial score (nSPS) is 20.3. The van der Waals surface area contributed by atoms with Crippen molar-refractivity contribution in [3.05, 3.63) is 35.4 Å². The minimum atomic E-state index is -0.570. The number of hydrogen-bond acceptors (Lipinski definition) is 3. The van der Waals surface area contributed by atoms with Gasteiger partial charge in [-0.2, -0.15) is 0 Å². The Morgan fingerprint density at radius 2 is 2.09 bits per heavy atom. The molecule has 1 heterocycles. The fraction of sp³-hybridized carbons (Fsp3) is 0.588. The third-order valence-electron chi connectivity index (χ3n) is 4.26. The lowest BCUT2D eigenvalue weighted by atomic mass is 10.1. The zero-order valence-corrected chi connectivity index (χ0v) is 13.7. The molecule has 1 aliphatic heterocycles. The summed E-state index contributed by atoms with van der Waals surface area (Å²) in [6.45, 7) is 3.83. The molecule has 6 heteroatoms. The molecule has 0 bridgehead atoms. The Morgan fingerprint density at radius 1 is 1.39 bits per heavy atom. The molecule has 2 rings (SSSR count). The van der Waals surface area contributed by atoms with Crippen molar-refractivity contribution >= 4 is 5.91 Å². The zero-order valence-electron chi connectivity index (χ0n) is 13.7. The molecule has 1 aromatic rings. The summed E-state index contributed by atoms with van der Waals surface area (Å²) in [6.07, 6.45) is 2.33. The molecular formula is C17H25F2N3O. The molecule has 0 spiro atoms. The molecule has 0 aliphatic carbocycles. The maximum Gasteiger partial charge on any atom is 0.234 e. The third kappa shape index (κ3) is 5.25. The minimum absolute atomic E-state index is 0.0218. The van der Waals surface area contributed by atoms with Crippen molar-refractivity contribution in [2.24, 2.45) is 0 Å². The molecule has 2 atom stereocenters. The van der Waals surface area contributed by atoms with Gasteiger partial charge in [0.25, 0.3) is 0 Å². The minimum Gasteiger partial charge on any atom is -0.352 e. The number of amides is 1. The van der Waals surface area contributed by atoms with Gasteiger partial charge in [-0.15, -0.1) is 0 Å². The summed E-state index contributed by atoms with van der Waals surface area (Å²) in [7, 11) is 1.93. The standard InChI is InChI=1S/C17H25F2N3O/c1-12(9-14-15(18)6-3-7-16(14)19)21-17(23)11-22-8-4-5-13(10-22)20-2/h3,6-7,12-13,20H,4-5,8-11H2,1-2H3,(H,21,23). The van der Waals surface area contributed by atoms with Crippen molar-refractivity contribution in [1.29, 1.82) is 0 Å². The van der Waals surface area contributed by atoms with Crippen molar-refractivity contribution < 1.29 is 13.6 Å². The van der Waals surface area contributed by atoms with Crippen LogP contribution in [0.3, 0.4) is 0 Å². The van der Waals surface area contributed by atoms with Crippen molar-refractivity contribution in [2.75, 3.05) is 26.7 Å². The highest BCUT2D eigenvalue weighted by Crippen LogP contribution is 2.14. The molecule has 4 nitrogen and oxygen atoms in total. The lowest BCUT2D eigenvalue weighted by Gasteiger charge is -2.32. The zero-order chi connectivity index (χ0) is 16.8. The molecule has 23 heavy (non-hydrogen) atoms. The number of likely N-dealkylation sites (N-methyl/N-ethyl adjacent to an activating group) is 1. The highest BCUT2D eigenvalue weighted by molar-refractivity contribution is 5.78. The van der Waals surface area contributed by atoms with Crippen LogP contribution in [0.4, 0.5) is 8.78 Å². The first-order valence-electron chi connectivity index (χ1n) is 8.11. The Morgan fingerprint density at radius 3 is 2.74 bits per heavy atom. The monoisotopic (exact) mass is 325 g/mol. The van der Waals surface area contributed by atoms with Crippen LogP contribution in [0, 0.1) is 11.6 Å². The van der Waals surface area contributed by atoms with Crippen LogP contribution in [-0.4, -0.2) is 49.6 Å². The molecule has 1 saturated heterocycles. The van der Waals surface area contributed by atoms with Crippen LogP contribution >= 0.6 is 0 Å². The largest absolute Gasteiger partial charge is 0.352 e. The van der Waals surface area contributed by atoms with Crippen LogP contribution in [0.5, 0.6) is 0 Å². The third-order valence-corrected chi connectivity index (χ3v) is 4.26. The number of halogens is 2. The number of carbonyl (C=O) groups excluding carboxylic acids is 1. The van der Waals surface area contributed by atoms with Gasteiger partial charge in [-0.05, 0) is 51.9 Å². The van der Waals surface area contributed by atoms with Gasteiger partial charge in [0.2, 0.25) is 5.91 Å². The van der Waals surface area contributed by atoms with Crippen LogP contribution in [-0.2, 0) is 11.2 Å². The fourth-order valence-electron chi connectivity index (χ4n) is 3.04. The SMILES string of the molecule is CNC1CCCN(CC(=O)NC(C)Cc2c(F)cccc2F)C1. The second-order valence-electron chi connectivity index (χ2n) is 6.24. The van der Waals surface area contributed by atoms with Gasteiger partial charge in [-0.1, -0.05) is 6.07 Å². The molecule has 1 amide bonds. The van der Waals surface area contributed by atoms with E-state index in [0.29, 0.717) is 12.6 Å². The summed E-state index contributed by atoms with van der Waals surface area (Å²) in [5.74, 6) is -1.25. The first-order chi connectivity index (χ1) is 11.0. The second-order valence-corrected chi connectivity index (χ2v) is 6.24. The van der Waals surface area contributed by atoms with Crippen LogP contribution in [0.1, 0.15) is 25.3 Å². The van der Waals surface area contributed by atoms with Crippen molar-refractivity contribution in [3.63, 3.8) is 0 Å². The first-order valence-corrected chi connectivity index (χ1v) is 8.11. The van der Waals surface area contributed by atoms with Crippen LogP contribution in [0.15, 0.2) is 18.2 Å². The Labute approximate surface area is 136 Å². The first kappa shape index (κ1) is 17.8. The van der Waals surface area contributed by atoms with Crippen molar-refractivity contribution in [1.82, 2.24) is 15.5 Å². The fourth-order valence-corrected chi connectivity index (χ4v) is 3.04. The van der Waals surface area contributed by atoms with E-state index in [2.05, 4.69) is 15.5 Å². The van der Waals surface area contributed by atoms with Crippen LogP contribution < -0.4 is 10.6 Å². The quantitative estimate of drug-likeness (QED) is 0.837. The van der Waals surface area contributed by atoms with E-state index >= 15 is 0 Å². The molecule has 1 fully saturated rings. The average Bonchev–Trinajstić information content (AvgIpc) is 2.51. The number of likely N-dealkylation sites (tertiary alicyclic amines) is 1. The van der Waals surface area contributed by atoms with Gasteiger partial charge in [0, 0.05) is 24.2 Å². The summed E-state index contributed by atoms with van der Waals surface area (Å²) in [4.78, 5) is 14.2. The number of nitrogens with zero attached hydrogens (tertiary/aromatic N) is 1. The summed E-state index contributed by atoms with van der Waals surface area (Å²) < 4.78 is 27.3. The smallest absolute Gasteiger partial charge is 0.234 e. The molecule has 0 aromatic heterocycles. The number of benzene rings is 1. The van der Waals surface area contributed by atoms with E-state index in [1.165, 1.54) is 18.2 Å². The lowest BCUT2D eigenvalue weighted by molar-refractivity contribution is -0.123. The highest BCUT2D eigenvalue weighted by Gasteiger charge is 2.21. The van der Waals surface area contributed by atoms with E-state index in [4.69, 9.17) is 0 Å². The number of hydrogen-bond donors (Lipinski definition) is 2. The van der Waals surface area contributed by atoms with Crippen molar-refractivity contribution in [2.45, 2.75) is 38.3 Å². The molecule has 0 radical (unpaired) electrons. The van der Waals surface area contributed by atoms with Gasteiger partial charge >= 0.3 is 0 Å². The molecule has 1 aliphatic rings. The Kier molecular flexibility index (Phi) is 6.47. The van der Waals surface area contributed by atoms with Gasteiger partial charge in [-0.25, -0.2) is 8.78 Å². The lowest BCUT2D eigenvalue weighted by Crippen LogP contribution is -2.49. The molecule has 2 N–H and O–H groups in total. The molecule has 0 saturated carbocycles. The summed E-state index contributed by atoms with van der Waals surface area (Å²) in [6, 6.07) is 3.91. The van der Waals surface area contributed by atoms with Crippen LogP contribution in [0.2, 0.25) is 0 Å². The topological polar surface area (TPSA) is 44.4 Å². The maximum atomic E-state index is 13.6. The van der Waals surface area contributed by atoms with Crippen molar-refractivity contribution in [3.8, 4) is 0 Å². The van der Waals surface area contributed by atoms with Gasteiger partial charge in [0.05, 0.1) is 6.54 Å². The van der Waals surface area contributed by atoms with E-state index in [0.717, 1.165) is 25.9 Å². The number of nitrogens with one attached hydrogen (secondary N) is 2. The van der Waals surface area contributed by atoms with Gasteiger partial charge in [0.1, 0.15) is 11.6 Å². The van der Waals surface area contributed by atoms with Gasteiger partial charge < -0.3 is 10.6 Å². The second kappa shape index (κ2) is 8.36. The maximum absolute atomic E-state index is 13.6. The van der Waals surface area contributed by atoms with Gasteiger partial charge in [0.15, 0.2) is 0 Å². The number of piperidine rings is 1. The van der Waals surface area contributed by atoms with E-state index in [-0.39, 0.29) is 23.9 Å². The molecular weight excluding hydrogens is 300 g/mol. The van der Waals surface area contributed by atoms with E-state index < -0.39 is 11.6 Å². The highest BCUT2D eigenvalue weighted by atomic mass is 19.1. The summed E-state index contributed by atoms with van der Waals surface area (Å²) in [5.41, 5.74) is 0.0218. The molecule has 2 unspecified atom stereocenters.